The molecule has 1 aromatic carbocycles. The Balaban J connectivity index is 2.02. The van der Waals surface area contributed by atoms with E-state index in [2.05, 4.69) is 9.72 Å². The molecule has 0 N–H and O–H groups in total. The van der Waals surface area contributed by atoms with Gasteiger partial charge in [-0.15, -0.1) is 0 Å². The number of amides is 1. The molecule has 1 aromatic heterocycles. The number of halogens is 2. The number of benzene rings is 1. The fraction of sp³-hybridized carbons (Fsp3) is 0.333. The lowest BCUT2D eigenvalue weighted by atomic mass is 10.1. The van der Waals surface area contributed by atoms with Crippen LogP contribution in [0.15, 0.2) is 42.6 Å². The van der Waals surface area contributed by atoms with Crippen LogP contribution in [0.5, 0.6) is 5.75 Å². The van der Waals surface area contributed by atoms with Crippen LogP contribution in [0.1, 0.15) is 28.5 Å². The zero-order chi connectivity index (χ0) is 17.7. The normalized spacial score (nSPS) is 12.1. The van der Waals surface area contributed by atoms with Crippen LogP contribution in [0, 0.1) is 6.92 Å². The van der Waals surface area contributed by atoms with E-state index in [0.717, 1.165) is 11.3 Å². The molecule has 128 valence electrons. The van der Waals surface area contributed by atoms with Crippen molar-refractivity contribution in [2.75, 3.05) is 7.05 Å². The quantitative estimate of drug-likeness (QED) is 0.809. The summed E-state index contributed by atoms with van der Waals surface area (Å²) < 4.78 is 28.6. The third kappa shape index (κ3) is 4.75. The van der Waals surface area contributed by atoms with Crippen LogP contribution < -0.4 is 4.74 Å². The van der Waals surface area contributed by atoms with Gasteiger partial charge in [0.05, 0.1) is 0 Å². The van der Waals surface area contributed by atoms with Gasteiger partial charge < -0.3 is 9.64 Å². The van der Waals surface area contributed by atoms with Crippen molar-refractivity contribution in [1.29, 1.82) is 0 Å². The second-order valence-corrected chi connectivity index (χ2v) is 5.70. The van der Waals surface area contributed by atoms with Gasteiger partial charge in [0.2, 0.25) is 0 Å². The third-order valence-corrected chi connectivity index (χ3v) is 3.78. The van der Waals surface area contributed by atoms with E-state index in [1.807, 2.05) is 26.0 Å². The molecular formula is C18H20F2N2O2. The highest BCUT2D eigenvalue weighted by molar-refractivity contribution is 5.94. The number of hydrogen-bond donors (Lipinski definition) is 0. The first-order chi connectivity index (χ1) is 11.4. The highest BCUT2D eigenvalue weighted by Crippen LogP contribution is 2.17. The zero-order valence-electron chi connectivity index (χ0n) is 13.9. The van der Waals surface area contributed by atoms with Gasteiger partial charge in [-0.2, -0.15) is 8.78 Å². The number of aromatic nitrogens is 1. The Morgan fingerprint density at radius 3 is 2.50 bits per heavy atom. The van der Waals surface area contributed by atoms with Crippen LogP contribution in [0.2, 0.25) is 0 Å². The summed E-state index contributed by atoms with van der Waals surface area (Å²) in [6.07, 6.45) is 2.39. The Kier molecular flexibility index (Phi) is 5.84. The molecule has 1 heterocycles. The second-order valence-electron chi connectivity index (χ2n) is 5.70. The van der Waals surface area contributed by atoms with E-state index < -0.39 is 6.61 Å². The Bertz CT molecular complexity index is 690. The lowest BCUT2D eigenvalue weighted by Gasteiger charge is -2.25. The molecule has 0 bridgehead atoms. The van der Waals surface area contributed by atoms with Crippen molar-refractivity contribution in [3.63, 3.8) is 0 Å². The SMILES string of the molecule is Cc1ccnc(C[C@H](C)N(C)C(=O)c2ccc(OC(F)F)cc2)c1. The summed E-state index contributed by atoms with van der Waals surface area (Å²) >= 11 is 0. The van der Waals surface area contributed by atoms with Gasteiger partial charge in [-0.1, -0.05) is 0 Å². The standard InChI is InChI=1S/C18H20F2N2O2/c1-12-8-9-21-15(10-12)11-13(2)22(3)17(23)14-4-6-16(7-5-14)24-18(19)20/h4-10,13,18H,11H2,1-3H3/t13-/m0/s1. The van der Waals surface area contributed by atoms with Crippen LogP contribution in [0.4, 0.5) is 8.78 Å². The largest absolute Gasteiger partial charge is 0.435 e. The Labute approximate surface area is 140 Å². The van der Waals surface area contributed by atoms with E-state index in [4.69, 9.17) is 0 Å². The molecule has 4 nitrogen and oxygen atoms in total. The van der Waals surface area contributed by atoms with E-state index in [1.165, 1.54) is 24.3 Å². The molecule has 6 heteroatoms. The minimum atomic E-state index is -2.88. The summed E-state index contributed by atoms with van der Waals surface area (Å²) in [6, 6.07) is 9.54. The predicted molar refractivity (Wildman–Crippen MR) is 87.3 cm³/mol. The molecule has 0 aliphatic rings. The number of nitrogens with zero attached hydrogens (tertiary/aromatic N) is 2. The van der Waals surface area contributed by atoms with Crippen LogP contribution in [-0.2, 0) is 6.42 Å². The molecule has 0 aliphatic heterocycles. The van der Waals surface area contributed by atoms with E-state index in [-0.39, 0.29) is 17.7 Å². The summed E-state index contributed by atoms with van der Waals surface area (Å²) in [5.41, 5.74) is 2.46. The van der Waals surface area contributed by atoms with Crippen molar-refractivity contribution in [2.45, 2.75) is 32.9 Å². The highest BCUT2D eigenvalue weighted by Gasteiger charge is 2.18. The summed E-state index contributed by atoms with van der Waals surface area (Å²) in [7, 11) is 1.71. The van der Waals surface area contributed by atoms with E-state index in [1.54, 1.807) is 18.1 Å². The van der Waals surface area contributed by atoms with Gasteiger partial charge in [-0.3, -0.25) is 9.78 Å². The number of hydrogen-bond acceptors (Lipinski definition) is 3. The van der Waals surface area contributed by atoms with Gasteiger partial charge >= 0.3 is 6.61 Å². The molecule has 1 amide bonds. The van der Waals surface area contributed by atoms with Crippen molar-refractivity contribution in [3.05, 3.63) is 59.4 Å². The maximum absolute atomic E-state index is 12.5. The number of alkyl halides is 2. The maximum atomic E-state index is 12.5. The van der Waals surface area contributed by atoms with Crippen LogP contribution in [0.3, 0.4) is 0 Å². The molecule has 24 heavy (non-hydrogen) atoms. The Hall–Kier alpha value is -2.50. The number of carbonyl (C=O) groups is 1. The van der Waals surface area contributed by atoms with Gasteiger partial charge in [0.1, 0.15) is 5.75 Å². The molecule has 2 rings (SSSR count). The van der Waals surface area contributed by atoms with E-state index >= 15 is 0 Å². The highest BCUT2D eigenvalue weighted by atomic mass is 19.3. The number of aryl methyl sites for hydroxylation is 1. The Morgan fingerprint density at radius 1 is 1.25 bits per heavy atom. The van der Waals surface area contributed by atoms with Gasteiger partial charge in [0, 0.05) is 37.0 Å². The molecule has 0 radical (unpaired) electrons. The lowest BCUT2D eigenvalue weighted by Crippen LogP contribution is -2.36. The molecule has 2 aromatic rings. The van der Waals surface area contributed by atoms with Gasteiger partial charge in [-0.05, 0) is 55.8 Å². The zero-order valence-corrected chi connectivity index (χ0v) is 13.9. The van der Waals surface area contributed by atoms with Gasteiger partial charge in [0.15, 0.2) is 0 Å². The van der Waals surface area contributed by atoms with Crippen LogP contribution in [0.25, 0.3) is 0 Å². The number of carbonyl (C=O) groups excluding carboxylic acids is 1. The average molecular weight is 334 g/mol. The first-order valence-corrected chi connectivity index (χ1v) is 7.60. The number of rotatable bonds is 6. The number of likely N-dealkylation sites (N-methyl/N-ethyl adjacent to an activating group) is 1. The molecule has 0 saturated carbocycles. The van der Waals surface area contributed by atoms with Crippen molar-refractivity contribution in [3.8, 4) is 5.75 Å². The van der Waals surface area contributed by atoms with E-state index in [9.17, 15) is 13.6 Å². The molecule has 0 saturated heterocycles. The van der Waals surface area contributed by atoms with Crippen LogP contribution in [-0.4, -0.2) is 35.5 Å². The first-order valence-electron chi connectivity index (χ1n) is 7.60. The first kappa shape index (κ1) is 17.8. The topological polar surface area (TPSA) is 42.4 Å². The fourth-order valence-corrected chi connectivity index (χ4v) is 2.33. The molecule has 0 aliphatic carbocycles. The van der Waals surface area contributed by atoms with Gasteiger partial charge in [-0.25, -0.2) is 0 Å². The summed E-state index contributed by atoms with van der Waals surface area (Å²) in [5, 5.41) is 0. The summed E-state index contributed by atoms with van der Waals surface area (Å²) in [4.78, 5) is 18.4. The van der Waals surface area contributed by atoms with Crippen LogP contribution >= 0.6 is 0 Å². The fourth-order valence-electron chi connectivity index (χ4n) is 2.33. The minimum Gasteiger partial charge on any atom is -0.435 e. The van der Waals surface area contributed by atoms with Crippen molar-refractivity contribution < 1.29 is 18.3 Å². The van der Waals surface area contributed by atoms with Crippen molar-refractivity contribution in [1.82, 2.24) is 9.88 Å². The third-order valence-electron chi connectivity index (χ3n) is 3.78. The predicted octanol–water partition coefficient (Wildman–Crippen LogP) is 3.69. The Morgan fingerprint density at radius 2 is 1.92 bits per heavy atom. The molecule has 0 unspecified atom stereocenters. The summed E-state index contributed by atoms with van der Waals surface area (Å²) in [6.45, 7) is 1.06. The van der Waals surface area contributed by atoms with Crippen molar-refractivity contribution >= 4 is 5.91 Å². The maximum Gasteiger partial charge on any atom is 0.387 e. The number of ether oxygens (including phenoxy) is 1. The average Bonchev–Trinajstić information content (AvgIpc) is 2.53. The molecule has 0 spiro atoms. The molecular weight excluding hydrogens is 314 g/mol. The van der Waals surface area contributed by atoms with Crippen molar-refractivity contribution in [2.24, 2.45) is 0 Å². The molecule has 0 fully saturated rings. The minimum absolute atomic E-state index is 0.0289. The molecule has 1 atom stereocenters. The van der Waals surface area contributed by atoms with Gasteiger partial charge in [0.25, 0.3) is 5.91 Å². The number of pyridine rings is 1. The second kappa shape index (κ2) is 7.86. The smallest absolute Gasteiger partial charge is 0.387 e. The van der Waals surface area contributed by atoms with E-state index in [0.29, 0.717) is 12.0 Å². The monoisotopic (exact) mass is 334 g/mol. The summed E-state index contributed by atoms with van der Waals surface area (Å²) in [5.74, 6) is -0.153. The lowest BCUT2D eigenvalue weighted by molar-refractivity contribution is -0.0498.